The fourth-order valence-electron chi connectivity index (χ4n) is 4.56. The van der Waals surface area contributed by atoms with E-state index in [1.165, 1.54) is 16.7 Å². The van der Waals surface area contributed by atoms with Gasteiger partial charge in [0.1, 0.15) is 5.60 Å². The zero-order valence-electron chi connectivity index (χ0n) is 19.0. The molecule has 0 amide bonds. The number of aryl methyl sites for hydroxylation is 1. The molecule has 0 spiro atoms. The number of aliphatic hydroxyl groups is 1. The van der Waals surface area contributed by atoms with Crippen LogP contribution in [0, 0.1) is 12.8 Å². The minimum atomic E-state index is -0.927. The first-order valence-corrected chi connectivity index (χ1v) is 10.9. The number of hydrogen-bond acceptors (Lipinski definition) is 2. The van der Waals surface area contributed by atoms with Crippen molar-refractivity contribution >= 4 is 6.08 Å². The van der Waals surface area contributed by atoms with E-state index in [-0.39, 0.29) is 11.3 Å². The summed E-state index contributed by atoms with van der Waals surface area (Å²) in [5.41, 5.74) is 5.07. The molecular formula is C27H37NO. The van der Waals surface area contributed by atoms with Crippen molar-refractivity contribution in [1.29, 1.82) is 0 Å². The van der Waals surface area contributed by atoms with Crippen molar-refractivity contribution in [2.24, 2.45) is 5.92 Å². The molecule has 2 unspecified atom stereocenters. The molecule has 1 N–H and O–H groups in total. The number of benzene rings is 2. The molecule has 1 aliphatic rings. The zero-order chi connectivity index (χ0) is 21.2. The van der Waals surface area contributed by atoms with E-state index in [4.69, 9.17) is 0 Å². The second-order valence-electron chi connectivity index (χ2n) is 10.0. The highest BCUT2D eigenvalue weighted by Gasteiger charge is 2.44. The van der Waals surface area contributed by atoms with Gasteiger partial charge in [0.05, 0.1) is 0 Å². The first kappa shape index (κ1) is 21.8. The third-order valence-electron chi connectivity index (χ3n) is 6.27. The average Bonchev–Trinajstić information content (AvgIpc) is 2.66. The van der Waals surface area contributed by atoms with Gasteiger partial charge in [-0.2, -0.15) is 0 Å². The SMILES string of the molecule is Cc1ccc(/C=C2\CCCC(CN(C)C)C2(O)c2ccc(C(C)(C)C)cc2)cc1. The Kier molecular flexibility index (Phi) is 6.36. The van der Waals surface area contributed by atoms with Crippen molar-refractivity contribution in [2.45, 2.75) is 58.0 Å². The van der Waals surface area contributed by atoms with E-state index >= 15 is 0 Å². The van der Waals surface area contributed by atoms with Gasteiger partial charge in [-0.3, -0.25) is 0 Å². The van der Waals surface area contributed by atoms with E-state index in [0.717, 1.165) is 36.9 Å². The fourth-order valence-corrected chi connectivity index (χ4v) is 4.56. The summed E-state index contributed by atoms with van der Waals surface area (Å²) < 4.78 is 0. The van der Waals surface area contributed by atoms with Crippen LogP contribution >= 0.6 is 0 Å². The predicted octanol–water partition coefficient (Wildman–Crippen LogP) is 5.93. The van der Waals surface area contributed by atoms with Gasteiger partial charge in [0, 0.05) is 12.5 Å². The molecule has 2 nitrogen and oxygen atoms in total. The van der Waals surface area contributed by atoms with Crippen LogP contribution < -0.4 is 0 Å². The van der Waals surface area contributed by atoms with E-state index in [1.54, 1.807) is 0 Å². The van der Waals surface area contributed by atoms with E-state index in [2.05, 4.69) is 101 Å². The molecule has 0 bridgehead atoms. The van der Waals surface area contributed by atoms with E-state index in [1.807, 2.05) is 0 Å². The first-order chi connectivity index (χ1) is 13.6. The maximum absolute atomic E-state index is 12.2. The molecule has 1 aliphatic carbocycles. The Bertz CT molecular complexity index is 840. The van der Waals surface area contributed by atoms with Crippen LogP contribution in [-0.4, -0.2) is 30.6 Å². The molecule has 0 saturated heterocycles. The highest BCUT2D eigenvalue weighted by Crippen LogP contribution is 2.46. The largest absolute Gasteiger partial charge is 0.380 e. The summed E-state index contributed by atoms with van der Waals surface area (Å²) in [6.07, 6.45) is 5.33. The Morgan fingerprint density at radius 3 is 2.21 bits per heavy atom. The quantitative estimate of drug-likeness (QED) is 0.699. The molecule has 0 heterocycles. The van der Waals surface area contributed by atoms with E-state index in [0.29, 0.717) is 0 Å². The first-order valence-electron chi connectivity index (χ1n) is 10.9. The Labute approximate surface area is 177 Å². The summed E-state index contributed by atoms with van der Waals surface area (Å²) >= 11 is 0. The molecule has 1 fully saturated rings. The molecule has 3 rings (SSSR count). The number of hydrogen-bond donors (Lipinski definition) is 1. The zero-order valence-corrected chi connectivity index (χ0v) is 19.0. The van der Waals surface area contributed by atoms with Crippen molar-refractivity contribution < 1.29 is 5.11 Å². The van der Waals surface area contributed by atoms with Crippen LogP contribution in [0.15, 0.2) is 54.1 Å². The van der Waals surface area contributed by atoms with Gasteiger partial charge in [0.2, 0.25) is 0 Å². The molecule has 1 saturated carbocycles. The van der Waals surface area contributed by atoms with Crippen LogP contribution in [0.4, 0.5) is 0 Å². The summed E-state index contributed by atoms with van der Waals surface area (Å²) in [6, 6.07) is 17.3. The smallest absolute Gasteiger partial charge is 0.115 e. The minimum absolute atomic E-state index is 0.108. The second-order valence-corrected chi connectivity index (χ2v) is 10.0. The van der Waals surface area contributed by atoms with Crippen molar-refractivity contribution in [3.8, 4) is 0 Å². The van der Waals surface area contributed by atoms with Gasteiger partial charge in [0.25, 0.3) is 0 Å². The molecule has 0 aromatic heterocycles. The van der Waals surface area contributed by atoms with Gasteiger partial charge >= 0.3 is 0 Å². The lowest BCUT2D eigenvalue weighted by Crippen LogP contribution is -2.44. The van der Waals surface area contributed by atoms with Crippen molar-refractivity contribution in [3.05, 3.63) is 76.4 Å². The van der Waals surface area contributed by atoms with Gasteiger partial charge in [0.15, 0.2) is 0 Å². The van der Waals surface area contributed by atoms with Crippen molar-refractivity contribution in [3.63, 3.8) is 0 Å². The molecule has 2 atom stereocenters. The molecule has 2 aromatic carbocycles. The van der Waals surface area contributed by atoms with Crippen molar-refractivity contribution in [2.75, 3.05) is 20.6 Å². The number of nitrogens with zero attached hydrogens (tertiary/aromatic N) is 1. The van der Waals surface area contributed by atoms with Gasteiger partial charge in [-0.15, -0.1) is 0 Å². The molecule has 0 aliphatic heterocycles. The van der Waals surface area contributed by atoms with Gasteiger partial charge in [-0.25, -0.2) is 0 Å². The highest BCUT2D eigenvalue weighted by molar-refractivity contribution is 5.58. The summed E-state index contributed by atoms with van der Waals surface area (Å²) in [7, 11) is 4.20. The molecular weight excluding hydrogens is 354 g/mol. The summed E-state index contributed by atoms with van der Waals surface area (Å²) in [4.78, 5) is 2.20. The summed E-state index contributed by atoms with van der Waals surface area (Å²) in [5.74, 6) is 0.184. The van der Waals surface area contributed by atoms with Crippen LogP contribution in [0.3, 0.4) is 0 Å². The average molecular weight is 392 g/mol. The second kappa shape index (κ2) is 8.45. The van der Waals surface area contributed by atoms with Gasteiger partial charge in [-0.1, -0.05) is 80.9 Å². The van der Waals surface area contributed by atoms with Crippen LogP contribution in [0.1, 0.15) is 62.3 Å². The molecule has 29 heavy (non-hydrogen) atoms. The number of rotatable bonds is 4. The van der Waals surface area contributed by atoms with Gasteiger partial charge < -0.3 is 10.0 Å². The third-order valence-corrected chi connectivity index (χ3v) is 6.27. The van der Waals surface area contributed by atoms with Crippen LogP contribution in [0.2, 0.25) is 0 Å². The Morgan fingerprint density at radius 1 is 1.03 bits per heavy atom. The summed E-state index contributed by atoms with van der Waals surface area (Å²) in [6.45, 7) is 9.68. The minimum Gasteiger partial charge on any atom is -0.380 e. The Hall–Kier alpha value is -1.90. The standard InChI is InChI=1S/C27H37NO/c1-20-10-12-21(13-11-20)18-24-8-7-9-25(19-28(5)6)27(24,29)23-16-14-22(15-17-23)26(2,3)4/h10-18,25,29H,7-9,19H2,1-6H3/b24-18+. The molecule has 2 heteroatoms. The normalized spacial score (nSPS) is 24.3. The monoisotopic (exact) mass is 391 g/mol. The lowest BCUT2D eigenvalue weighted by molar-refractivity contribution is -0.0174. The maximum Gasteiger partial charge on any atom is 0.115 e. The lowest BCUT2D eigenvalue weighted by Gasteiger charge is -2.44. The Morgan fingerprint density at radius 2 is 1.66 bits per heavy atom. The Balaban J connectivity index is 2.07. The van der Waals surface area contributed by atoms with Crippen LogP contribution in [-0.2, 0) is 11.0 Å². The molecule has 156 valence electrons. The predicted molar refractivity (Wildman–Crippen MR) is 124 cm³/mol. The highest BCUT2D eigenvalue weighted by atomic mass is 16.3. The van der Waals surface area contributed by atoms with Gasteiger partial charge in [-0.05, 0) is 68.0 Å². The van der Waals surface area contributed by atoms with Crippen LogP contribution in [0.5, 0.6) is 0 Å². The topological polar surface area (TPSA) is 23.5 Å². The van der Waals surface area contributed by atoms with E-state index in [9.17, 15) is 5.11 Å². The maximum atomic E-state index is 12.2. The molecule has 2 aromatic rings. The fraction of sp³-hybridized carbons (Fsp3) is 0.481. The lowest BCUT2D eigenvalue weighted by atomic mass is 9.67. The van der Waals surface area contributed by atoms with E-state index < -0.39 is 5.60 Å². The summed E-state index contributed by atoms with van der Waals surface area (Å²) in [5, 5.41) is 12.2. The third kappa shape index (κ3) is 4.82. The molecule has 0 radical (unpaired) electrons. The van der Waals surface area contributed by atoms with Crippen molar-refractivity contribution in [1.82, 2.24) is 4.90 Å². The van der Waals surface area contributed by atoms with Crippen LogP contribution in [0.25, 0.3) is 6.08 Å².